The maximum atomic E-state index is 12.6. The van der Waals surface area contributed by atoms with Gasteiger partial charge < -0.3 is 15.5 Å². The summed E-state index contributed by atoms with van der Waals surface area (Å²) in [7, 11) is 0. The van der Waals surface area contributed by atoms with Crippen LogP contribution in [0.5, 0.6) is 0 Å². The van der Waals surface area contributed by atoms with E-state index < -0.39 is 23.5 Å². The zero-order valence-corrected chi connectivity index (χ0v) is 16.8. The van der Waals surface area contributed by atoms with Crippen LogP contribution in [0, 0.1) is 0 Å². The molecule has 1 unspecified atom stereocenters. The molecule has 30 heavy (non-hydrogen) atoms. The Kier molecular flexibility index (Phi) is 5.33. The molecule has 1 aliphatic rings. The van der Waals surface area contributed by atoms with Crippen LogP contribution < -0.4 is 5.32 Å². The topological polar surface area (TPSA) is 86.6 Å². The van der Waals surface area contributed by atoms with Crippen molar-refractivity contribution in [3.8, 4) is 11.1 Å². The number of fused-ring (bicyclic) bond motifs is 1. The average Bonchev–Trinajstić information content (AvgIpc) is 3.13. The van der Waals surface area contributed by atoms with E-state index in [0.717, 1.165) is 22.3 Å². The number of halogens is 1. The fourth-order valence-corrected chi connectivity index (χ4v) is 4.01. The number of benzene rings is 3. The zero-order valence-electron chi connectivity index (χ0n) is 16.0. The predicted molar refractivity (Wildman–Crippen MR) is 114 cm³/mol. The number of rotatable bonds is 5. The molecule has 0 aromatic heterocycles. The summed E-state index contributed by atoms with van der Waals surface area (Å²) in [6.07, 6.45) is -1.13. The monoisotopic (exact) mass is 421 g/mol. The Bertz CT molecular complexity index is 1100. The lowest BCUT2D eigenvalue weighted by Gasteiger charge is -2.27. The molecule has 2 atom stereocenters. The molecule has 0 radical (unpaired) electrons. The van der Waals surface area contributed by atoms with Crippen LogP contribution in [-0.2, 0) is 22.4 Å². The molecule has 0 saturated heterocycles. The average molecular weight is 422 g/mol. The molecule has 4 rings (SSSR count). The molecule has 0 spiro atoms. The third-order valence-corrected chi connectivity index (χ3v) is 5.76. The molecular formula is C24H20ClNO4. The van der Waals surface area contributed by atoms with E-state index >= 15 is 0 Å². The minimum atomic E-state index is -1.49. The van der Waals surface area contributed by atoms with Crippen molar-refractivity contribution in [2.75, 3.05) is 0 Å². The van der Waals surface area contributed by atoms with Crippen molar-refractivity contribution >= 4 is 23.5 Å². The van der Waals surface area contributed by atoms with E-state index in [1.165, 1.54) is 0 Å². The van der Waals surface area contributed by atoms with Gasteiger partial charge in [-0.1, -0.05) is 72.3 Å². The molecule has 1 amide bonds. The van der Waals surface area contributed by atoms with Gasteiger partial charge in [-0.25, -0.2) is 4.79 Å². The summed E-state index contributed by atoms with van der Waals surface area (Å²) in [6.45, 7) is 0. The largest absolute Gasteiger partial charge is 0.479 e. The third kappa shape index (κ3) is 3.82. The first-order valence-electron chi connectivity index (χ1n) is 9.54. The molecule has 5 nitrogen and oxygen atoms in total. The molecule has 0 aliphatic heterocycles. The van der Waals surface area contributed by atoms with Crippen molar-refractivity contribution in [2.45, 2.75) is 24.5 Å². The molecule has 0 bridgehead atoms. The SMILES string of the molecule is O=C(NC1(C(=O)O)Cc2ccc(-c3ccc(Cl)cc3)cc2C1)[C@@H](O)c1ccccc1. The van der Waals surface area contributed by atoms with Gasteiger partial charge in [-0.2, -0.15) is 0 Å². The Morgan fingerprint density at radius 1 is 0.900 bits per heavy atom. The third-order valence-electron chi connectivity index (χ3n) is 5.50. The highest BCUT2D eigenvalue weighted by Crippen LogP contribution is 2.34. The van der Waals surface area contributed by atoms with Crippen LogP contribution in [0.3, 0.4) is 0 Å². The Balaban J connectivity index is 1.59. The van der Waals surface area contributed by atoms with Gasteiger partial charge in [-0.15, -0.1) is 0 Å². The molecule has 1 aliphatic carbocycles. The van der Waals surface area contributed by atoms with Crippen molar-refractivity contribution in [1.82, 2.24) is 5.32 Å². The van der Waals surface area contributed by atoms with Crippen molar-refractivity contribution in [2.24, 2.45) is 0 Å². The van der Waals surface area contributed by atoms with E-state index in [4.69, 9.17) is 11.6 Å². The molecule has 3 aromatic carbocycles. The van der Waals surface area contributed by atoms with Gasteiger partial charge in [0.25, 0.3) is 5.91 Å². The summed E-state index contributed by atoms with van der Waals surface area (Å²) in [6, 6.07) is 21.6. The van der Waals surface area contributed by atoms with Gasteiger partial charge in [0, 0.05) is 17.9 Å². The van der Waals surface area contributed by atoms with Crippen LogP contribution in [0.25, 0.3) is 11.1 Å². The van der Waals surface area contributed by atoms with Gasteiger partial charge in [0.15, 0.2) is 6.10 Å². The highest BCUT2D eigenvalue weighted by Gasteiger charge is 2.46. The predicted octanol–water partition coefficient (Wildman–Crippen LogP) is 3.78. The van der Waals surface area contributed by atoms with Crippen LogP contribution in [0.4, 0.5) is 0 Å². The smallest absolute Gasteiger partial charge is 0.330 e. The number of aliphatic hydroxyl groups is 1. The molecule has 6 heteroatoms. The lowest BCUT2D eigenvalue weighted by molar-refractivity contribution is -0.149. The Hall–Kier alpha value is -3.15. The first kappa shape index (κ1) is 20.1. The quantitative estimate of drug-likeness (QED) is 0.585. The van der Waals surface area contributed by atoms with E-state index in [1.807, 2.05) is 30.3 Å². The minimum Gasteiger partial charge on any atom is -0.479 e. The lowest BCUT2D eigenvalue weighted by atomic mass is 9.94. The highest BCUT2D eigenvalue weighted by atomic mass is 35.5. The van der Waals surface area contributed by atoms with E-state index in [-0.39, 0.29) is 12.8 Å². The molecular weight excluding hydrogens is 402 g/mol. The van der Waals surface area contributed by atoms with Crippen LogP contribution >= 0.6 is 11.6 Å². The van der Waals surface area contributed by atoms with E-state index in [2.05, 4.69) is 5.32 Å². The van der Waals surface area contributed by atoms with Crippen molar-refractivity contribution in [1.29, 1.82) is 0 Å². The summed E-state index contributed by atoms with van der Waals surface area (Å²) < 4.78 is 0. The number of amides is 1. The van der Waals surface area contributed by atoms with Gasteiger partial charge in [0.05, 0.1) is 0 Å². The molecule has 3 aromatic rings. The number of carbonyl (C=O) groups excluding carboxylic acids is 1. The van der Waals surface area contributed by atoms with Crippen LogP contribution in [0.15, 0.2) is 72.8 Å². The van der Waals surface area contributed by atoms with Crippen molar-refractivity contribution in [3.05, 3.63) is 94.5 Å². The second kappa shape index (κ2) is 7.94. The van der Waals surface area contributed by atoms with Gasteiger partial charge in [-0.05, 0) is 39.9 Å². The molecule has 3 N–H and O–H groups in total. The van der Waals surface area contributed by atoms with Gasteiger partial charge >= 0.3 is 5.97 Å². The Morgan fingerprint density at radius 3 is 2.20 bits per heavy atom. The normalized spacial score (nSPS) is 18.5. The van der Waals surface area contributed by atoms with Crippen molar-refractivity contribution < 1.29 is 19.8 Å². The second-order valence-corrected chi connectivity index (χ2v) is 7.97. The summed E-state index contributed by atoms with van der Waals surface area (Å²) >= 11 is 5.96. The molecule has 0 saturated carbocycles. The fraction of sp³-hybridized carbons (Fsp3) is 0.167. The minimum absolute atomic E-state index is 0.145. The summed E-state index contributed by atoms with van der Waals surface area (Å²) in [5, 5.41) is 23.5. The van der Waals surface area contributed by atoms with Gasteiger partial charge in [-0.3, -0.25) is 4.79 Å². The van der Waals surface area contributed by atoms with Gasteiger partial charge in [0.1, 0.15) is 5.54 Å². The molecule has 0 heterocycles. The number of nitrogens with one attached hydrogen (secondary N) is 1. The number of carboxylic acids is 1. The number of carbonyl (C=O) groups is 2. The second-order valence-electron chi connectivity index (χ2n) is 7.53. The highest BCUT2D eigenvalue weighted by molar-refractivity contribution is 6.30. The number of aliphatic carboxylic acids is 1. The van der Waals surface area contributed by atoms with Crippen LogP contribution in [0.2, 0.25) is 5.02 Å². The number of aliphatic hydroxyl groups excluding tert-OH is 1. The van der Waals surface area contributed by atoms with E-state index in [0.29, 0.717) is 10.6 Å². The molecule has 152 valence electrons. The summed E-state index contributed by atoms with van der Waals surface area (Å²) in [5.74, 6) is -1.85. The van der Waals surface area contributed by atoms with Crippen LogP contribution in [-0.4, -0.2) is 27.6 Å². The zero-order chi connectivity index (χ0) is 21.3. The Morgan fingerprint density at radius 2 is 1.53 bits per heavy atom. The van der Waals surface area contributed by atoms with E-state index in [9.17, 15) is 19.8 Å². The maximum absolute atomic E-state index is 12.6. The fourth-order valence-electron chi connectivity index (χ4n) is 3.88. The molecule has 0 fully saturated rings. The van der Waals surface area contributed by atoms with Crippen molar-refractivity contribution in [3.63, 3.8) is 0 Å². The van der Waals surface area contributed by atoms with Gasteiger partial charge in [0.2, 0.25) is 0 Å². The first-order valence-corrected chi connectivity index (χ1v) is 9.92. The Labute approximate surface area is 178 Å². The van der Waals surface area contributed by atoms with Crippen LogP contribution in [0.1, 0.15) is 22.8 Å². The lowest BCUT2D eigenvalue weighted by Crippen LogP contribution is -2.56. The van der Waals surface area contributed by atoms with E-state index in [1.54, 1.807) is 42.5 Å². The standard InChI is InChI=1S/C24H20ClNO4/c25-20-10-8-15(9-11-20)17-6-7-18-13-24(23(29)30,14-19(18)12-17)26-22(28)21(27)16-4-2-1-3-5-16/h1-12,21,27H,13-14H2,(H,26,28)(H,29,30)/t21-,24?/m0/s1. The summed E-state index contributed by atoms with van der Waals surface area (Å²) in [4.78, 5) is 24.8. The number of hydrogen-bond acceptors (Lipinski definition) is 3. The number of hydrogen-bond donors (Lipinski definition) is 3. The summed E-state index contributed by atoms with van der Waals surface area (Å²) in [5.41, 5.74) is 2.56. The maximum Gasteiger partial charge on any atom is 0.330 e. The first-order chi connectivity index (χ1) is 14.4. The number of carboxylic acid groups (broad SMARTS) is 1.